The number of carbonyl (C=O) groups is 2. The minimum Gasteiger partial charge on any atom is -0.356 e. The van der Waals surface area contributed by atoms with Crippen LogP contribution in [0.4, 0.5) is 0 Å². The van der Waals surface area contributed by atoms with Gasteiger partial charge >= 0.3 is 0 Å². The summed E-state index contributed by atoms with van der Waals surface area (Å²) >= 11 is 0. The normalized spacial score (nSPS) is 15.6. The molecule has 2 amide bonds. The maximum Gasteiger partial charge on any atom is 0.223 e. The van der Waals surface area contributed by atoms with E-state index in [1.807, 2.05) is 18.9 Å². The summed E-state index contributed by atoms with van der Waals surface area (Å²) in [7, 11) is 1.96. The lowest BCUT2D eigenvalue weighted by atomic mass is 9.96. The SMILES string of the molecule is CCCNC(=O)CCC(=O)N1CCC(CNC)CC1.Cl. The molecule has 0 atom stereocenters. The van der Waals surface area contributed by atoms with Crippen molar-refractivity contribution >= 4 is 24.2 Å². The lowest BCUT2D eigenvalue weighted by Gasteiger charge is -2.32. The fraction of sp³-hybridized carbons (Fsp3) is 0.857. The van der Waals surface area contributed by atoms with Crippen LogP contribution in [0.25, 0.3) is 0 Å². The molecule has 1 fully saturated rings. The van der Waals surface area contributed by atoms with Crippen molar-refractivity contribution in [2.45, 2.75) is 39.0 Å². The van der Waals surface area contributed by atoms with Crippen LogP contribution in [0, 0.1) is 5.92 Å². The van der Waals surface area contributed by atoms with Crippen LogP contribution in [0.3, 0.4) is 0 Å². The zero-order chi connectivity index (χ0) is 14.1. The molecular weight excluding hydrogens is 278 g/mol. The smallest absolute Gasteiger partial charge is 0.223 e. The summed E-state index contributed by atoms with van der Waals surface area (Å²) in [6.07, 6.45) is 3.71. The van der Waals surface area contributed by atoms with Crippen LogP contribution in [-0.4, -0.2) is 49.9 Å². The molecule has 0 spiro atoms. The van der Waals surface area contributed by atoms with Crippen molar-refractivity contribution in [2.24, 2.45) is 5.92 Å². The molecule has 0 aromatic rings. The lowest BCUT2D eigenvalue weighted by Crippen LogP contribution is -2.40. The second-order valence-electron chi connectivity index (χ2n) is 5.23. The standard InChI is InChI=1S/C14H27N3O2.ClH/c1-3-8-16-13(18)4-5-14(19)17-9-6-12(7-10-17)11-15-2;/h12,15H,3-11H2,1-2H3,(H,16,18);1H. The Bertz CT molecular complexity index is 292. The van der Waals surface area contributed by atoms with E-state index in [-0.39, 0.29) is 24.2 Å². The fourth-order valence-corrected chi connectivity index (χ4v) is 2.41. The van der Waals surface area contributed by atoms with Crippen LogP contribution in [0.5, 0.6) is 0 Å². The minimum absolute atomic E-state index is 0. The zero-order valence-electron chi connectivity index (χ0n) is 12.6. The summed E-state index contributed by atoms with van der Waals surface area (Å²) in [5.41, 5.74) is 0. The van der Waals surface area contributed by atoms with Crippen LogP contribution in [0.1, 0.15) is 39.0 Å². The van der Waals surface area contributed by atoms with Gasteiger partial charge in [0.25, 0.3) is 0 Å². The number of hydrogen-bond acceptors (Lipinski definition) is 3. The highest BCUT2D eigenvalue weighted by atomic mass is 35.5. The monoisotopic (exact) mass is 305 g/mol. The molecule has 1 aliphatic rings. The van der Waals surface area contributed by atoms with Gasteiger partial charge in [0, 0.05) is 32.5 Å². The molecular formula is C14H28ClN3O2. The molecule has 0 radical (unpaired) electrons. The number of piperidine rings is 1. The van der Waals surface area contributed by atoms with Crippen LogP contribution < -0.4 is 10.6 Å². The third kappa shape index (κ3) is 7.10. The number of amides is 2. The van der Waals surface area contributed by atoms with E-state index in [1.165, 1.54) is 0 Å². The van der Waals surface area contributed by atoms with Gasteiger partial charge < -0.3 is 15.5 Å². The van der Waals surface area contributed by atoms with Gasteiger partial charge in [0.1, 0.15) is 0 Å². The van der Waals surface area contributed by atoms with Crippen molar-refractivity contribution in [2.75, 3.05) is 33.2 Å². The molecule has 2 N–H and O–H groups in total. The Hall–Kier alpha value is -0.810. The van der Waals surface area contributed by atoms with E-state index in [0.717, 1.165) is 38.9 Å². The Balaban J connectivity index is 0.00000361. The van der Waals surface area contributed by atoms with E-state index in [9.17, 15) is 9.59 Å². The third-order valence-electron chi connectivity index (χ3n) is 3.60. The first kappa shape index (κ1) is 19.2. The highest BCUT2D eigenvalue weighted by Crippen LogP contribution is 2.17. The van der Waals surface area contributed by atoms with E-state index in [2.05, 4.69) is 10.6 Å². The van der Waals surface area contributed by atoms with Gasteiger partial charge in [-0.25, -0.2) is 0 Å². The quantitative estimate of drug-likeness (QED) is 0.742. The molecule has 5 nitrogen and oxygen atoms in total. The largest absolute Gasteiger partial charge is 0.356 e. The third-order valence-corrected chi connectivity index (χ3v) is 3.60. The van der Waals surface area contributed by atoms with Crippen LogP contribution in [0.2, 0.25) is 0 Å². The van der Waals surface area contributed by atoms with E-state index in [4.69, 9.17) is 0 Å². The van der Waals surface area contributed by atoms with E-state index in [0.29, 0.717) is 25.3 Å². The van der Waals surface area contributed by atoms with Gasteiger partial charge in [0.05, 0.1) is 0 Å². The molecule has 0 aromatic carbocycles. The highest BCUT2D eigenvalue weighted by molar-refractivity contribution is 5.85. The number of halogens is 1. The maximum atomic E-state index is 12.0. The van der Waals surface area contributed by atoms with Gasteiger partial charge in [0.15, 0.2) is 0 Å². The second kappa shape index (κ2) is 10.9. The number of rotatable bonds is 7. The summed E-state index contributed by atoms with van der Waals surface area (Å²) in [6, 6.07) is 0. The molecule has 20 heavy (non-hydrogen) atoms. The molecule has 0 saturated carbocycles. The first-order valence-corrected chi connectivity index (χ1v) is 7.36. The molecule has 0 unspecified atom stereocenters. The van der Waals surface area contributed by atoms with Crippen molar-refractivity contribution in [1.29, 1.82) is 0 Å². The number of nitrogens with one attached hydrogen (secondary N) is 2. The van der Waals surface area contributed by atoms with Crippen LogP contribution >= 0.6 is 12.4 Å². The summed E-state index contributed by atoms with van der Waals surface area (Å²) in [6.45, 7) is 5.41. The topological polar surface area (TPSA) is 61.4 Å². The average molecular weight is 306 g/mol. The van der Waals surface area contributed by atoms with Crippen LogP contribution in [0.15, 0.2) is 0 Å². The second-order valence-corrected chi connectivity index (χ2v) is 5.23. The first-order valence-electron chi connectivity index (χ1n) is 7.36. The Labute approximate surface area is 128 Å². The molecule has 0 aromatic heterocycles. The molecule has 1 rings (SSSR count). The Morgan fingerprint density at radius 1 is 1.20 bits per heavy atom. The van der Waals surface area contributed by atoms with Gasteiger partial charge in [0.2, 0.25) is 11.8 Å². The Kier molecular flexibility index (Phi) is 10.5. The summed E-state index contributed by atoms with van der Waals surface area (Å²) < 4.78 is 0. The number of nitrogens with zero attached hydrogens (tertiary/aromatic N) is 1. The fourth-order valence-electron chi connectivity index (χ4n) is 2.41. The van der Waals surface area contributed by atoms with Crippen molar-refractivity contribution in [3.63, 3.8) is 0 Å². The van der Waals surface area contributed by atoms with E-state index in [1.54, 1.807) is 0 Å². The molecule has 118 valence electrons. The van der Waals surface area contributed by atoms with Gasteiger partial charge in [-0.1, -0.05) is 6.92 Å². The average Bonchev–Trinajstić information content (AvgIpc) is 2.43. The van der Waals surface area contributed by atoms with Crippen molar-refractivity contribution < 1.29 is 9.59 Å². The Morgan fingerprint density at radius 2 is 1.85 bits per heavy atom. The van der Waals surface area contributed by atoms with E-state index >= 15 is 0 Å². The molecule has 6 heteroatoms. The van der Waals surface area contributed by atoms with Crippen LogP contribution in [-0.2, 0) is 9.59 Å². The van der Waals surface area contributed by atoms with Crippen molar-refractivity contribution in [3.05, 3.63) is 0 Å². The van der Waals surface area contributed by atoms with Gasteiger partial charge in [-0.2, -0.15) is 0 Å². The van der Waals surface area contributed by atoms with Gasteiger partial charge in [-0.05, 0) is 38.8 Å². The van der Waals surface area contributed by atoms with E-state index < -0.39 is 0 Å². The molecule has 0 bridgehead atoms. The van der Waals surface area contributed by atoms with Crippen molar-refractivity contribution in [3.8, 4) is 0 Å². The molecule has 1 aliphatic heterocycles. The first-order chi connectivity index (χ1) is 9.17. The minimum atomic E-state index is -0.0136. The molecule has 1 saturated heterocycles. The summed E-state index contributed by atoms with van der Waals surface area (Å²) in [5, 5.41) is 5.98. The van der Waals surface area contributed by atoms with Crippen molar-refractivity contribution in [1.82, 2.24) is 15.5 Å². The number of likely N-dealkylation sites (tertiary alicyclic amines) is 1. The molecule has 1 heterocycles. The zero-order valence-corrected chi connectivity index (χ0v) is 13.4. The van der Waals surface area contributed by atoms with Gasteiger partial charge in [-0.15, -0.1) is 12.4 Å². The Morgan fingerprint density at radius 3 is 2.40 bits per heavy atom. The lowest BCUT2D eigenvalue weighted by molar-refractivity contribution is -0.134. The summed E-state index contributed by atoms with van der Waals surface area (Å²) in [5.74, 6) is 0.789. The molecule has 0 aliphatic carbocycles. The number of carbonyl (C=O) groups excluding carboxylic acids is 2. The predicted octanol–water partition coefficient (Wildman–Crippen LogP) is 1.17. The maximum absolute atomic E-state index is 12.0. The summed E-state index contributed by atoms with van der Waals surface area (Å²) in [4.78, 5) is 25.3. The number of hydrogen-bond donors (Lipinski definition) is 2. The predicted molar refractivity (Wildman–Crippen MR) is 83.0 cm³/mol. The van der Waals surface area contributed by atoms with Gasteiger partial charge in [-0.3, -0.25) is 9.59 Å². The highest BCUT2D eigenvalue weighted by Gasteiger charge is 2.22.